The Morgan fingerprint density at radius 2 is 2.00 bits per heavy atom. The molecule has 0 spiro atoms. The van der Waals surface area contributed by atoms with Crippen molar-refractivity contribution in [2.45, 2.75) is 33.7 Å². The molecule has 1 fully saturated rings. The maximum atomic E-state index is 12.6. The molecule has 0 bridgehead atoms. The summed E-state index contributed by atoms with van der Waals surface area (Å²) in [6.45, 7) is 6.02. The van der Waals surface area contributed by atoms with Gasteiger partial charge in [0, 0.05) is 30.8 Å². The molecule has 1 aromatic heterocycles. The monoisotopic (exact) mass is 383 g/mol. The molecule has 0 radical (unpaired) electrons. The smallest absolute Gasteiger partial charge is 0.253 e. The highest BCUT2D eigenvalue weighted by molar-refractivity contribution is 6.01. The number of nitrogens with one attached hydrogen (secondary N) is 2. The van der Waals surface area contributed by atoms with Crippen LogP contribution in [0, 0.1) is 26.7 Å². The number of benzene rings is 1. The molecule has 1 aromatic carbocycles. The van der Waals surface area contributed by atoms with Crippen molar-refractivity contribution >= 4 is 17.5 Å². The summed E-state index contributed by atoms with van der Waals surface area (Å²) in [5.41, 5.74) is 3.61. The zero-order valence-electron chi connectivity index (χ0n) is 16.6. The summed E-state index contributed by atoms with van der Waals surface area (Å²) in [7, 11) is 1.56. The first-order valence-electron chi connectivity index (χ1n) is 9.22. The predicted octanol–water partition coefficient (Wildman–Crippen LogP) is 1.98. The number of hydrogen-bond acceptors (Lipinski definition) is 4. The summed E-state index contributed by atoms with van der Waals surface area (Å²) in [6, 6.07) is 7.48. The third kappa shape index (κ3) is 3.93. The van der Waals surface area contributed by atoms with E-state index in [4.69, 9.17) is 4.74 Å². The van der Waals surface area contributed by atoms with Crippen LogP contribution in [0.15, 0.2) is 29.1 Å². The van der Waals surface area contributed by atoms with E-state index in [-0.39, 0.29) is 36.9 Å². The van der Waals surface area contributed by atoms with Crippen LogP contribution in [0.5, 0.6) is 5.75 Å². The minimum atomic E-state index is -0.470. The quantitative estimate of drug-likeness (QED) is 0.826. The van der Waals surface area contributed by atoms with Crippen LogP contribution in [0.25, 0.3) is 0 Å². The molecule has 2 amide bonds. The van der Waals surface area contributed by atoms with Gasteiger partial charge >= 0.3 is 0 Å². The molecule has 1 saturated heterocycles. The van der Waals surface area contributed by atoms with Gasteiger partial charge < -0.3 is 19.9 Å². The van der Waals surface area contributed by atoms with Gasteiger partial charge in [-0.1, -0.05) is 6.07 Å². The number of methoxy groups -OCH3 is 1. The summed E-state index contributed by atoms with van der Waals surface area (Å²) in [5, 5.41) is 2.81. The third-order valence-electron chi connectivity index (χ3n) is 5.05. The molecule has 1 aliphatic heterocycles. The molecule has 1 atom stereocenters. The number of carbonyl (C=O) groups is 2. The molecular weight excluding hydrogens is 358 g/mol. The number of anilines is 1. The van der Waals surface area contributed by atoms with Crippen molar-refractivity contribution in [3.8, 4) is 5.75 Å². The highest BCUT2D eigenvalue weighted by Gasteiger charge is 2.36. The molecular formula is C21H25N3O4. The molecule has 28 heavy (non-hydrogen) atoms. The van der Waals surface area contributed by atoms with Gasteiger partial charge in [-0.3, -0.25) is 14.4 Å². The lowest BCUT2D eigenvalue weighted by Gasteiger charge is -2.20. The molecule has 2 heterocycles. The van der Waals surface area contributed by atoms with Crippen molar-refractivity contribution in [2.24, 2.45) is 5.92 Å². The lowest BCUT2D eigenvalue weighted by Crippen LogP contribution is -2.34. The van der Waals surface area contributed by atoms with Crippen molar-refractivity contribution in [3.63, 3.8) is 0 Å². The number of aryl methyl sites for hydroxylation is 3. The van der Waals surface area contributed by atoms with Crippen molar-refractivity contribution in [3.05, 3.63) is 57.0 Å². The second-order valence-electron chi connectivity index (χ2n) is 7.24. The number of ether oxygens (including phenoxy) is 1. The molecule has 7 heteroatoms. The summed E-state index contributed by atoms with van der Waals surface area (Å²) < 4.78 is 5.37. The summed E-state index contributed by atoms with van der Waals surface area (Å²) in [4.78, 5) is 41.6. The Kier molecular flexibility index (Phi) is 5.53. The SMILES string of the molecule is COc1ccc(C)cc1N1C[C@@H](C(=O)NCc2c(C)cc(C)[nH]c2=O)CC1=O. The zero-order chi connectivity index (χ0) is 20.4. The van der Waals surface area contributed by atoms with E-state index in [0.29, 0.717) is 17.0 Å². The van der Waals surface area contributed by atoms with Crippen molar-refractivity contribution in [1.82, 2.24) is 10.3 Å². The summed E-state index contributed by atoms with van der Waals surface area (Å²) >= 11 is 0. The van der Waals surface area contributed by atoms with E-state index in [0.717, 1.165) is 16.8 Å². The number of H-pyrrole nitrogens is 1. The second-order valence-corrected chi connectivity index (χ2v) is 7.24. The van der Waals surface area contributed by atoms with Crippen LogP contribution in [0.2, 0.25) is 0 Å². The van der Waals surface area contributed by atoms with E-state index in [1.54, 1.807) is 12.0 Å². The van der Waals surface area contributed by atoms with E-state index in [1.807, 2.05) is 45.0 Å². The van der Waals surface area contributed by atoms with Crippen LogP contribution in [0.3, 0.4) is 0 Å². The molecule has 0 saturated carbocycles. The van der Waals surface area contributed by atoms with Gasteiger partial charge in [0.1, 0.15) is 5.75 Å². The van der Waals surface area contributed by atoms with E-state index >= 15 is 0 Å². The Morgan fingerprint density at radius 1 is 1.25 bits per heavy atom. The van der Waals surface area contributed by atoms with Gasteiger partial charge in [-0.05, 0) is 50.1 Å². The highest BCUT2D eigenvalue weighted by Crippen LogP contribution is 2.33. The van der Waals surface area contributed by atoms with Crippen molar-refractivity contribution < 1.29 is 14.3 Å². The van der Waals surface area contributed by atoms with E-state index in [1.165, 1.54) is 0 Å². The van der Waals surface area contributed by atoms with Crippen LogP contribution in [-0.4, -0.2) is 30.5 Å². The predicted molar refractivity (Wildman–Crippen MR) is 107 cm³/mol. The van der Waals surface area contributed by atoms with Gasteiger partial charge in [-0.15, -0.1) is 0 Å². The number of aromatic nitrogens is 1. The Bertz CT molecular complexity index is 980. The normalized spacial score (nSPS) is 16.4. The summed E-state index contributed by atoms with van der Waals surface area (Å²) in [5.74, 6) is -0.223. The van der Waals surface area contributed by atoms with Gasteiger partial charge in [0.25, 0.3) is 5.56 Å². The lowest BCUT2D eigenvalue weighted by atomic mass is 10.1. The number of hydrogen-bond donors (Lipinski definition) is 2. The Labute approximate surface area is 163 Å². The van der Waals surface area contributed by atoms with Gasteiger partial charge in [0.05, 0.1) is 18.7 Å². The fourth-order valence-electron chi connectivity index (χ4n) is 3.55. The van der Waals surface area contributed by atoms with Crippen LogP contribution >= 0.6 is 0 Å². The zero-order valence-corrected chi connectivity index (χ0v) is 16.6. The number of aromatic amines is 1. The molecule has 1 aliphatic rings. The van der Waals surface area contributed by atoms with Gasteiger partial charge in [0.15, 0.2) is 0 Å². The number of rotatable bonds is 5. The third-order valence-corrected chi connectivity index (χ3v) is 5.05. The van der Waals surface area contributed by atoms with Crippen LogP contribution in [-0.2, 0) is 16.1 Å². The number of pyridine rings is 1. The minimum absolute atomic E-state index is 0.117. The number of carbonyl (C=O) groups excluding carboxylic acids is 2. The lowest BCUT2D eigenvalue weighted by molar-refractivity contribution is -0.126. The standard InChI is InChI=1S/C21H25N3O4/c1-12-5-6-18(28-4)17(7-12)24-11-15(9-19(24)25)20(26)22-10-16-13(2)8-14(3)23-21(16)27/h5-8,15H,9-11H2,1-4H3,(H,22,26)(H,23,27)/t15-/m0/s1. The number of amides is 2. The molecule has 0 aliphatic carbocycles. The van der Waals surface area contributed by atoms with Gasteiger partial charge in [0.2, 0.25) is 11.8 Å². The van der Waals surface area contributed by atoms with Gasteiger partial charge in [-0.25, -0.2) is 0 Å². The molecule has 0 unspecified atom stereocenters. The maximum absolute atomic E-state index is 12.6. The summed E-state index contributed by atoms with van der Waals surface area (Å²) in [6.07, 6.45) is 0.131. The molecule has 3 rings (SSSR count). The Balaban J connectivity index is 1.71. The van der Waals surface area contributed by atoms with Crippen LogP contribution in [0.4, 0.5) is 5.69 Å². The molecule has 2 N–H and O–H groups in total. The second kappa shape index (κ2) is 7.88. The maximum Gasteiger partial charge on any atom is 0.253 e. The van der Waals surface area contributed by atoms with Crippen molar-refractivity contribution in [2.75, 3.05) is 18.6 Å². The first kappa shape index (κ1) is 19.7. The Hall–Kier alpha value is -3.09. The number of nitrogens with zero attached hydrogens (tertiary/aromatic N) is 1. The average molecular weight is 383 g/mol. The van der Waals surface area contributed by atoms with Crippen LogP contribution in [0.1, 0.15) is 28.8 Å². The fourth-order valence-corrected chi connectivity index (χ4v) is 3.55. The molecule has 148 valence electrons. The van der Waals surface area contributed by atoms with E-state index in [2.05, 4.69) is 10.3 Å². The topological polar surface area (TPSA) is 91.5 Å². The fraction of sp³-hybridized carbons (Fsp3) is 0.381. The van der Waals surface area contributed by atoms with Crippen molar-refractivity contribution in [1.29, 1.82) is 0 Å². The largest absolute Gasteiger partial charge is 0.495 e. The van der Waals surface area contributed by atoms with E-state index in [9.17, 15) is 14.4 Å². The first-order chi connectivity index (χ1) is 13.3. The first-order valence-corrected chi connectivity index (χ1v) is 9.22. The molecule has 2 aromatic rings. The highest BCUT2D eigenvalue weighted by atomic mass is 16.5. The minimum Gasteiger partial charge on any atom is -0.495 e. The Morgan fingerprint density at radius 3 is 2.68 bits per heavy atom. The molecule has 7 nitrogen and oxygen atoms in total. The average Bonchev–Trinajstić information content (AvgIpc) is 3.02. The van der Waals surface area contributed by atoms with Crippen LogP contribution < -0.4 is 20.5 Å². The van der Waals surface area contributed by atoms with Gasteiger partial charge in [-0.2, -0.15) is 0 Å². The van der Waals surface area contributed by atoms with E-state index < -0.39 is 5.92 Å².